The highest BCUT2D eigenvalue weighted by atomic mass is 79.9. The summed E-state index contributed by atoms with van der Waals surface area (Å²) in [6.45, 7) is 0. The zero-order valence-electron chi connectivity index (χ0n) is 9.95. The molecule has 0 aliphatic carbocycles. The molecule has 1 heterocycles. The van der Waals surface area contributed by atoms with Crippen LogP contribution in [0, 0.1) is 10.1 Å². The average Bonchev–Trinajstić information content (AvgIpc) is 2.41. The van der Waals surface area contributed by atoms with Gasteiger partial charge in [0.25, 0.3) is 0 Å². The van der Waals surface area contributed by atoms with Gasteiger partial charge in [0.1, 0.15) is 0 Å². The zero-order valence-corrected chi connectivity index (χ0v) is 11.5. The van der Waals surface area contributed by atoms with Crippen LogP contribution in [0.1, 0.15) is 10.4 Å². The van der Waals surface area contributed by atoms with Crippen molar-refractivity contribution in [1.82, 2.24) is 4.98 Å². The quantitative estimate of drug-likeness (QED) is 0.681. The molecular formula is C12H8BrN3O4. The predicted octanol–water partition coefficient (Wildman–Crippen LogP) is 2.64. The molecule has 0 spiro atoms. The molecule has 2 N–H and O–H groups in total. The van der Waals surface area contributed by atoms with Crippen molar-refractivity contribution < 1.29 is 14.5 Å². The molecule has 0 saturated carbocycles. The largest absolute Gasteiger partial charge is 0.432 e. The van der Waals surface area contributed by atoms with Crippen LogP contribution in [-0.2, 0) is 0 Å². The molecular weight excluding hydrogens is 330 g/mol. The first-order valence-corrected chi connectivity index (χ1v) is 6.14. The maximum absolute atomic E-state index is 11.0. The summed E-state index contributed by atoms with van der Waals surface area (Å²) >= 11 is 3.22. The van der Waals surface area contributed by atoms with Gasteiger partial charge in [-0.15, -0.1) is 0 Å². The number of nitrogens with two attached hydrogens (primary N) is 1. The molecule has 7 nitrogen and oxygen atoms in total. The monoisotopic (exact) mass is 337 g/mol. The molecule has 1 aromatic heterocycles. The minimum Gasteiger partial charge on any atom is -0.432 e. The molecule has 2 aromatic rings. The highest BCUT2D eigenvalue weighted by Crippen LogP contribution is 2.31. The van der Waals surface area contributed by atoms with E-state index in [0.29, 0.717) is 0 Å². The van der Waals surface area contributed by atoms with Crippen molar-refractivity contribution in [2.24, 2.45) is 5.73 Å². The summed E-state index contributed by atoms with van der Waals surface area (Å²) in [6, 6.07) is 6.96. The number of ether oxygens (including phenoxy) is 1. The SMILES string of the molecule is NC(=O)c1ccc(Oc2ccc(Br)cn2)c([N+](=O)[O-])c1. The van der Waals surface area contributed by atoms with Crippen molar-refractivity contribution in [2.75, 3.05) is 0 Å². The fourth-order valence-electron chi connectivity index (χ4n) is 1.43. The van der Waals surface area contributed by atoms with Gasteiger partial charge in [-0.2, -0.15) is 0 Å². The Labute approximate surface area is 121 Å². The molecule has 0 fully saturated rings. The second-order valence-corrected chi connectivity index (χ2v) is 4.64. The Bertz CT molecular complexity index is 673. The van der Waals surface area contributed by atoms with Crippen LogP contribution >= 0.6 is 15.9 Å². The third-order valence-electron chi connectivity index (χ3n) is 2.35. The van der Waals surface area contributed by atoms with Crippen molar-refractivity contribution in [1.29, 1.82) is 0 Å². The number of nitrogens with zero attached hydrogens (tertiary/aromatic N) is 2. The Morgan fingerprint density at radius 1 is 1.35 bits per heavy atom. The van der Waals surface area contributed by atoms with Crippen LogP contribution in [0.4, 0.5) is 5.69 Å². The van der Waals surface area contributed by atoms with Crippen LogP contribution < -0.4 is 10.5 Å². The number of nitro groups is 1. The first-order chi connectivity index (χ1) is 9.47. The van der Waals surface area contributed by atoms with E-state index in [1.807, 2.05) is 0 Å². The fourth-order valence-corrected chi connectivity index (χ4v) is 1.67. The first kappa shape index (κ1) is 13.9. The first-order valence-electron chi connectivity index (χ1n) is 5.35. The van der Waals surface area contributed by atoms with Crippen LogP contribution in [0.15, 0.2) is 41.0 Å². The molecule has 0 aliphatic rings. The van der Waals surface area contributed by atoms with E-state index in [9.17, 15) is 14.9 Å². The van der Waals surface area contributed by atoms with Crippen molar-refractivity contribution in [3.05, 3.63) is 56.7 Å². The standard InChI is InChI=1S/C12H8BrN3O4/c13-8-2-4-11(15-6-8)20-10-3-1-7(12(14)17)5-9(10)16(18)19/h1-6H,(H2,14,17). The summed E-state index contributed by atoms with van der Waals surface area (Å²) in [7, 11) is 0. The van der Waals surface area contributed by atoms with Crippen LogP contribution in [0.3, 0.4) is 0 Å². The topological polar surface area (TPSA) is 108 Å². The van der Waals surface area contributed by atoms with E-state index >= 15 is 0 Å². The van der Waals surface area contributed by atoms with Gasteiger partial charge in [-0.25, -0.2) is 4.98 Å². The maximum Gasteiger partial charge on any atom is 0.312 e. The Kier molecular flexibility index (Phi) is 3.94. The molecule has 0 saturated heterocycles. The summed E-state index contributed by atoms with van der Waals surface area (Å²) in [4.78, 5) is 25.3. The molecule has 8 heteroatoms. The molecule has 0 radical (unpaired) electrons. The third kappa shape index (κ3) is 3.09. The minimum absolute atomic E-state index is 0.0187. The maximum atomic E-state index is 11.0. The van der Waals surface area contributed by atoms with Gasteiger partial charge in [0.15, 0.2) is 0 Å². The number of halogens is 1. The van der Waals surface area contributed by atoms with E-state index in [0.717, 1.165) is 10.5 Å². The molecule has 102 valence electrons. The van der Waals surface area contributed by atoms with Gasteiger partial charge < -0.3 is 10.5 Å². The van der Waals surface area contributed by atoms with E-state index in [-0.39, 0.29) is 22.9 Å². The van der Waals surface area contributed by atoms with Gasteiger partial charge in [0.05, 0.1) is 4.92 Å². The zero-order chi connectivity index (χ0) is 14.7. The highest BCUT2D eigenvalue weighted by molar-refractivity contribution is 9.10. The lowest BCUT2D eigenvalue weighted by Crippen LogP contribution is -2.11. The number of rotatable bonds is 4. The normalized spacial score (nSPS) is 10.1. The lowest BCUT2D eigenvalue weighted by atomic mass is 10.2. The third-order valence-corrected chi connectivity index (χ3v) is 2.82. The summed E-state index contributed by atoms with van der Waals surface area (Å²) in [6.07, 6.45) is 1.50. The van der Waals surface area contributed by atoms with E-state index in [4.69, 9.17) is 10.5 Å². The Hall–Kier alpha value is -2.48. The van der Waals surface area contributed by atoms with Crippen LogP contribution in [-0.4, -0.2) is 15.8 Å². The number of primary amides is 1. The Morgan fingerprint density at radius 3 is 2.65 bits per heavy atom. The van der Waals surface area contributed by atoms with Gasteiger partial charge in [-0.1, -0.05) is 0 Å². The van der Waals surface area contributed by atoms with Crippen LogP contribution in [0.5, 0.6) is 11.6 Å². The number of benzene rings is 1. The van der Waals surface area contributed by atoms with Crippen LogP contribution in [0.25, 0.3) is 0 Å². The number of aromatic nitrogens is 1. The molecule has 0 aliphatic heterocycles. The molecule has 0 bridgehead atoms. The summed E-state index contributed by atoms with van der Waals surface area (Å²) in [5.74, 6) is -0.570. The molecule has 0 atom stereocenters. The molecule has 1 aromatic carbocycles. The fraction of sp³-hybridized carbons (Fsp3) is 0. The molecule has 2 rings (SSSR count). The number of nitro benzene ring substituents is 1. The Morgan fingerprint density at radius 2 is 2.10 bits per heavy atom. The van der Waals surface area contributed by atoms with Gasteiger partial charge >= 0.3 is 5.69 Å². The summed E-state index contributed by atoms with van der Waals surface area (Å²) < 4.78 is 6.09. The van der Waals surface area contributed by atoms with Crippen molar-refractivity contribution in [2.45, 2.75) is 0 Å². The number of carbonyl (C=O) groups is 1. The predicted molar refractivity (Wildman–Crippen MR) is 73.6 cm³/mol. The lowest BCUT2D eigenvalue weighted by Gasteiger charge is -2.06. The second-order valence-electron chi connectivity index (χ2n) is 3.72. The van der Waals surface area contributed by atoms with Gasteiger partial charge in [0.2, 0.25) is 17.5 Å². The number of hydrogen-bond donors (Lipinski definition) is 1. The second kappa shape index (κ2) is 5.66. The van der Waals surface area contributed by atoms with E-state index in [1.54, 1.807) is 12.1 Å². The summed E-state index contributed by atoms with van der Waals surface area (Å²) in [5, 5.41) is 11.0. The van der Waals surface area contributed by atoms with E-state index in [2.05, 4.69) is 20.9 Å². The lowest BCUT2D eigenvalue weighted by molar-refractivity contribution is -0.385. The number of pyridine rings is 1. The molecule has 20 heavy (non-hydrogen) atoms. The minimum atomic E-state index is -0.749. The highest BCUT2D eigenvalue weighted by Gasteiger charge is 2.18. The molecule has 1 amide bonds. The number of carbonyl (C=O) groups excluding carboxylic acids is 1. The van der Waals surface area contributed by atoms with Gasteiger partial charge in [0, 0.05) is 28.4 Å². The van der Waals surface area contributed by atoms with Crippen LogP contribution in [0.2, 0.25) is 0 Å². The number of hydrogen-bond acceptors (Lipinski definition) is 5. The smallest absolute Gasteiger partial charge is 0.312 e. The Balaban J connectivity index is 2.38. The number of amides is 1. The van der Waals surface area contributed by atoms with E-state index in [1.165, 1.54) is 18.3 Å². The molecule has 0 unspecified atom stereocenters. The summed E-state index contributed by atoms with van der Waals surface area (Å²) in [5.41, 5.74) is 4.76. The average molecular weight is 338 g/mol. The van der Waals surface area contributed by atoms with Crippen molar-refractivity contribution >= 4 is 27.5 Å². The van der Waals surface area contributed by atoms with Gasteiger partial charge in [-0.3, -0.25) is 14.9 Å². The van der Waals surface area contributed by atoms with Crippen molar-refractivity contribution in [3.8, 4) is 11.6 Å². The van der Waals surface area contributed by atoms with Crippen molar-refractivity contribution in [3.63, 3.8) is 0 Å². The van der Waals surface area contributed by atoms with E-state index < -0.39 is 10.8 Å². The van der Waals surface area contributed by atoms with Gasteiger partial charge in [-0.05, 0) is 34.1 Å².